The molecular formula is C48H52N2. The number of para-hydroxylation sites is 2. The molecule has 0 spiro atoms. The van der Waals surface area contributed by atoms with E-state index in [1.54, 1.807) is 0 Å². The van der Waals surface area contributed by atoms with Crippen LogP contribution in [0.2, 0.25) is 0 Å². The van der Waals surface area contributed by atoms with Gasteiger partial charge in [0.1, 0.15) is 0 Å². The molecule has 1 atom stereocenters. The van der Waals surface area contributed by atoms with Crippen LogP contribution in [0.3, 0.4) is 0 Å². The summed E-state index contributed by atoms with van der Waals surface area (Å²) in [6.07, 6.45) is 4.76. The first-order valence-corrected chi connectivity index (χ1v) is 18.6. The molecule has 0 aliphatic heterocycles. The fourth-order valence-electron chi connectivity index (χ4n) is 7.49. The van der Waals surface area contributed by atoms with Crippen LogP contribution in [0.15, 0.2) is 170 Å². The summed E-state index contributed by atoms with van der Waals surface area (Å²) in [5, 5.41) is 0. The molecule has 6 aromatic rings. The van der Waals surface area contributed by atoms with Crippen molar-refractivity contribution in [1.82, 2.24) is 0 Å². The van der Waals surface area contributed by atoms with Crippen LogP contribution in [0.4, 0.5) is 11.4 Å². The number of nitrogens with zero attached hydrogens (tertiary/aromatic N) is 2. The summed E-state index contributed by atoms with van der Waals surface area (Å²) in [4.78, 5) is 5.21. The molecule has 6 aromatic carbocycles. The lowest BCUT2D eigenvalue weighted by Gasteiger charge is -2.36. The number of hydrogen-bond donors (Lipinski definition) is 0. The van der Waals surface area contributed by atoms with E-state index in [9.17, 15) is 0 Å². The second kappa shape index (κ2) is 18.1. The van der Waals surface area contributed by atoms with E-state index in [2.05, 4.69) is 194 Å². The van der Waals surface area contributed by atoms with Crippen LogP contribution >= 0.6 is 0 Å². The minimum absolute atomic E-state index is 0.238. The summed E-state index contributed by atoms with van der Waals surface area (Å²) in [6, 6.07) is 62.4. The Hall–Kier alpha value is -5.08. The molecule has 6 rings (SSSR count). The molecule has 0 aromatic heterocycles. The zero-order valence-corrected chi connectivity index (χ0v) is 29.9. The lowest BCUT2D eigenvalue weighted by molar-refractivity contribution is 0.405. The lowest BCUT2D eigenvalue weighted by atomic mass is 9.75. The van der Waals surface area contributed by atoms with Crippen molar-refractivity contribution in [3.63, 3.8) is 0 Å². The zero-order valence-electron chi connectivity index (χ0n) is 29.9. The Morgan fingerprint density at radius 3 is 1.04 bits per heavy atom. The van der Waals surface area contributed by atoms with Crippen LogP contribution in [0.25, 0.3) is 0 Å². The summed E-state index contributed by atoms with van der Waals surface area (Å²) < 4.78 is 0. The number of benzene rings is 6. The van der Waals surface area contributed by atoms with Crippen molar-refractivity contribution in [2.75, 3.05) is 9.80 Å². The van der Waals surface area contributed by atoms with Crippen LogP contribution in [0, 0.1) is 5.92 Å². The molecule has 0 fully saturated rings. The van der Waals surface area contributed by atoms with Gasteiger partial charge in [-0.1, -0.05) is 191 Å². The normalized spacial score (nSPS) is 11.7. The van der Waals surface area contributed by atoms with Crippen molar-refractivity contribution in [2.45, 2.75) is 71.6 Å². The molecule has 0 N–H and O–H groups in total. The maximum absolute atomic E-state index is 2.61. The smallest absolute Gasteiger partial charge is 0.0433 e. The van der Waals surface area contributed by atoms with Crippen molar-refractivity contribution in [1.29, 1.82) is 0 Å². The minimum Gasteiger partial charge on any atom is -0.363 e. The molecule has 0 aliphatic rings. The molecule has 0 bridgehead atoms. The maximum Gasteiger partial charge on any atom is 0.0433 e. The number of unbranched alkanes of at least 4 members (excludes halogenated alkanes) is 1. The van der Waals surface area contributed by atoms with Crippen LogP contribution in [-0.2, 0) is 26.2 Å². The Bertz CT molecular complexity index is 1620. The van der Waals surface area contributed by atoms with Crippen molar-refractivity contribution in [3.05, 3.63) is 203 Å². The Kier molecular flexibility index (Phi) is 12.6. The molecule has 0 aliphatic carbocycles. The Morgan fingerprint density at radius 1 is 0.400 bits per heavy atom. The second-order valence-corrected chi connectivity index (χ2v) is 13.6. The van der Waals surface area contributed by atoms with Crippen LogP contribution in [-0.4, -0.2) is 0 Å². The van der Waals surface area contributed by atoms with Gasteiger partial charge in [0.2, 0.25) is 0 Å². The van der Waals surface area contributed by atoms with Crippen molar-refractivity contribution in [2.24, 2.45) is 5.92 Å². The van der Waals surface area contributed by atoms with Gasteiger partial charge in [-0.2, -0.15) is 0 Å². The second-order valence-electron chi connectivity index (χ2n) is 13.6. The Balaban J connectivity index is 1.50. The van der Waals surface area contributed by atoms with Crippen molar-refractivity contribution in [3.8, 4) is 0 Å². The molecular weight excluding hydrogens is 605 g/mol. The summed E-state index contributed by atoms with van der Waals surface area (Å²) in [5.41, 5.74) is 10.8. The van der Waals surface area contributed by atoms with Crippen molar-refractivity contribution >= 4 is 11.4 Å². The van der Waals surface area contributed by atoms with E-state index >= 15 is 0 Å². The van der Waals surface area contributed by atoms with Gasteiger partial charge in [0, 0.05) is 43.5 Å². The van der Waals surface area contributed by atoms with Gasteiger partial charge in [0.15, 0.2) is 0 Å². The molecule has 2 heteroatoms. The first-order valence-electron chi connectivity index (χ1n) is 18.6. The van der Waals surface area contributed by atoms with Gasteiger partial charge in [-0.3, -0.25) is 0 Å². The molecule has 254 valence electrons. The highest BCUT2D eigenvalue weighted by Gasteiger charge is 2.30. The predicted molar refractivity (Wildman–Crippen MR) is 214 cm³/mol. The third-order valence-electron chi connectivity index (χ3n) is 10.0. The first kappa shape index (κ1) is 34.8. The molecule has 50 heavy (non-hydrogen) atoms. The topological polar surface area (TPSA) is 6.48 Å². The fraction of sp³-hybridized carbons (Fsp3) is 0.250. The van der Waals surface area contributed by atoms with E-state index in [1.165, 1.54) is 64.0 Å². The average Bonchev–Trinajstić information content (AvgIpc) is 3.18. The van der Waals surface area contributed by atoms with Gasteiger partial charge < -0.3 is 9.80 Å². The SMILES string of the molecule is CCCCC(CC)C(c1ccccc1N(Cc1ccccc1)Cc1ccccc1)c1ccccc1N(Cc1ccccc1)Cc1ccccc1. The number of anilines is 2. The third-order valence-corrected chi connectivity index (χ3v) is 10.0. The summed E-state index contributed by atoms with van der Waals surface area (Å²) in [5.74, 6) is 0.741. The van der Waals surface area contributed by atoms with Gasteiger partial charge in [-0.25, -0.2) is 0 Å². The molecule has 0 heterocycles. The highest BCUT2D eigenvalue weighted by molar-refractivity contribution is 5.64. The van der Waals surface area contributed by atoms with Crippen molar-refractivity contribution < 1.29 is 0 Å². The number of rotatable bonds is 17. The average molecular weight is 657 g/mol. The molecule has 0 amide bonds. The van der Waals surface area contributed by atoms with Gasteiger partial charge >= 0.3 is 0 Å². The van der Waals surface area contributed by atoms with Crippen LogP contribution in [0.5, 0.6) is 0 Å². The van der Waals surface area contributed by atoms with E-state index in [-0.39, 0.29) is 5.92 Å². The highest BCUT2D eigenvalue weighted by Crippen LogP contribution is 2.45. The quantitative estimate of drug-likeness (QED) is 0.0964. The third kappa shape index (κ3) is 9.12. The van der Waals surface area contributed by atoms with Gasteiger partial charge in [-0.15, -0.1) is 0 Å². The van der Waals surface area contributed by atoms with Gasteiger partial charge in [0.05, 0.1) is 0 Å². The largest absolute Gasteiger partial charge is 0.363 e. The fourth-order valence-corrected chi connectivity index (χ4v) is 7.49. The minimum atomic E-state index is 0.238. The molecule has 2 nitrogen and oxygen atoms in total. The monoisotopic (exact) mass is 656 g/mol. The predicted octanol–water partition coefficient (Wildman–Crippen LogP) is 12.4. The van der Waals surface area contributed by atoms with Crippen LogP contribution in [0.1, 0.15) is 78.8 Å². The van der Waals surface area contributed by atoms with E-state index in [0.717, 1.165) is 32.6 Å². The Labute approximate surface area is 301 Å². The van der Waals surface area contributed by atoms with Gasteiger partial charge in [0.25, 0.3) is 0 Å². The Morgan fingerprint density at radius 2 is 0.720 bits per heavy atom. The molecule has 0 saturated heterocycles. The van der Waals surface area contributed by atoms with Gasteiger partial charge in [-0.05, 0) is 57.9 Å². The van der Waals surface area contributed by atoms with E-state index in [4.69, 9.17) is 0 Å². The van der Waals surface area contributed by atoms with E-state index in [1.807, 2.05) is 0 Å². The maximum atomic E-state index is 2.61. The molecule has 1 unspecified atom stereocenters. The first-order chi connectivity index (χ1) is 24.7. The summed E-state index contributed by atoms with van der Waals surface area (Å²) in [6.45, 7) is 8.12. The number of hydrogen-bond acceptors (Lipinski definition) is 2. The van der Waals surface area contributed by atoms with E-state index in [0.29, 0.717) is 5.92 Å². The highest BCUT2D eigenvalue weighted by atomic mass is 15.1. The lowest BCUT2D eigenvalue weighted by Crippen LogP contribution is -2.27. The zero-order chi connectivity index (χ0) is 34.4. The molecule has 0 saturated carbocycles. The summed E-state index contributed by atoms with van der Waals surface area (Å²) >= 11 is 0. The standard InChI is InChI=1S/C48H52N2/c1-3-5-30-43(4-2)48(44-31-18-20-33-46(44)49(35-39-22-10-6-11-23-39)36-40-24-12-7-13-25-40)45-32-19-21-34-47(45)50(37-41-26-14-8-15-27-41)38-42-28-16-9-17-29-42/h6-29,31-34,43,48H,3-5,30,35-38H2,1-2H3. The van der Waals surface area contributed by atoms with Crippen LogP contribution < -0.4 is 9.80 Å². The summed E-state index contributed by atoms with van der Waals surface area (Å²) in [7, 11) is 0. The molecule has 0 radical (unpaired) electrons. The van der Waals surface area contributed by atoms with E-state index < -0.39 is 0 Å².